The topological polar surface area (TPSA) is 88.1 Å². The van der Waals surface area contributed by atoms with Crippen LogP contribution in [0.25, 0.3) is 11.4 Å². The molecule has 2 aromatic rings. The van der Waals surface area contributed by atoms with E-state index in [0.717, 1.165) is 5.56 Å². The van der Waals surface area contributed by atoms with Gasteiger partial charge in [0.2, 0.25) is 0 Å². The molecule has 0 saturated carbocycles. The van der Waals surface area contributed by atoms with Crippen LogP contribution in [0.4, 0.5) is 5.69 Å². The maximum atomic E-state index is 5.76. The molecule has 2 rings (SSSR count). The summed E-state index contributed by atoms with van der Waals surface area (Å²) < 4.78 is 12.4. The number of anilines is 1. The molecule has 0 aliphatic heterocycles. The highest BCUT2D eigenvalue weighted by Crippen LogP contribution is 2.30. The lowest BCUT2D eigenvalue weighted by molar-refractivity contribution is 0.00537. The number of methoxy groups -OCH3 is 2. The Morgan fingerprint density at radius 1 is 1.30 bits per heavy atom. The van der Waals surface area contributed by atoms with E-state index < -0.39 is 0 Å². The van der Waals surface area contributed by atoms with E-state index in [4.69, 9.17) is 15.2 Å². The normalized spacial score (nSPS) is 11.6. The molecule has 1 aromatic carbocycles. The molecule has 0 aliphatic carbocycles. The van der Waals surface area contributed by atoms with Gasteiger partial charge in [0.05, 0.1) is 24.8 Å². The third-order valence-electron chi connectivity index (χ3n) is 3.08. The highest BCUT2D eigenvalue weighted by atomic mass is 16.5. The highest BCUT2D eigenvalue weighted by Gasteiger charge is 2.22. The molecule has 0 aliphatic rings. The number of nitrogens with zero attached hydrogens (tertiary/aromatic N) is 4. The molecule has 0 unspecified atom stereocenters. The number of nitrogen functional groups attached to an aromatic ring is 1. The third-order valence-corrected chi connectivity index (χ3v) is 3.08. The molecule has 0 saturated heterocycles. The van der Waals surface area contributed by atoms with Gasteiger partial charge in [-0.15, -0.1) is 5.10 Å². The Hall–Kier alpha value is -2.15. The van der Waals surface area contributed by atoms with Crippen LogP contribution >= 0.6 is 0 Å². The lowest BCUT2D eigenvalue weighted by Gasteiger charge is -2.22. The largest absolute Gasteiger partial charge is 0.496 e. The number of hydrogen-bond donors (Lipinski definition) is 1. The van der Waals surface area contributed by atoms with E-state index in [9.17, 15) is 0 Å². The van der Waals surface area contributed by atoms with Crippen molar-refractivity contribution in [2.75, 3.05) is 20.0 Å². The summed E-state index contributed by atoms with van der Waals surface area (Å²) in [5.74, 6) is 1.25. The predicted octanol–water partition coefficient (Wildman–Crippen LogP) is 1.36. The van der Waals surface area contributed by atoms with Crippen molar-refractivity contribution >= 4 is 5.69 Å². The van der Waals surface area contributed by atoms with E-state index in [0.29, 0.717) is 23.8 Å². The molecular formula is C13H19N5O2. The molecular weight excluding hydrogens is 258 g/mol. The average molecular weight is 277 g/mol. The Bertz CT molecular complexity index is 594. The van der Waals surface area contributed by atoms with Gasteiger partial charge in [0.1, 0.15) is 5.75 Å². The molecule has 0 amide bonds. The Morgan fingerprint density at radius 3 is 2.70 bits per heavy atom. The van der Waals surface area contributed by atoms with Gasteiger partial charge in [0.15, 0.2) is 5.82 Å². The molecule has 7 heteroatoms. The molecule has 0 bridgehead atoms. The lowest BCUT2D eigenvalue weighted by atomic mass is 10.1. The van der Waals surface area contributed by atoms with Crippen molar-refractivity contribution in [1.29, 1.82) is 0 Å². The third kappa shape index (κ3) is 2.88. The summed E-state index contributed by atoms with van der Waals surface area (Å²) in [6.45, 7) is 4.47. The van der Waals surface area contributed by atoms with E-state index in [1.165, 1.54) is 0 Å². The van der Waals surface area contributed by atoms with E-state index in [1.54, 1.807) is 31.0 Å². The summed E-state index contributed by atoms with van der Waals surface area (Å²) in [7, 11) is 3.25. The van der Waals surface area contributed by atoms with Crippen molar-refractivity contribution < 1.29 is 9.47 Å². The quantitative estimate of drug-likeness (QED) is 0.830. The first-order chi connectivity index (χ1) is 9.46. The summed E-state index contributed by atoms with van der Waals surface area (Å²) in [4.78, 5) is 0. The van der Waals surface area contributed by atoms with Crippen molar-refractivity contribution in [3.8, 4) is 17.1 Å². The fourth-order valence-corrected chi connectivity index (χ4v) is 1.82. The Morgan fingerprint density at radius 2 is 2.05 bits per heavy atom. The van der Waals surface area contributed by atoms with E-state index in [1.807, 2.05) is 19.9 Å². The first-order valence-electron chi connectivity index (χ1n) is 6.22. The zero-order valence-electron chi connectivity index (χ0n) is 12.1. The predicted molar refractivity (Wildman–Crippen MR) is 75.3 cm³/mol. The Balaban J connectivity index is 2.42. The molecule has 0 fully saturated rings. The van der Waals surface area contributed by atoms with E-state index in [2.05, 4.69) is 15.5 Å². The highest BCUT2D eigenvalue weighted by molar-refractivity contribution is 5.67. The number of nitrogens with two attached hydrogens (primary N) is 1. The number of benzene rings is 1. The van der Waals surface area contributed by atoms with Crippen LogP contribution in [-0.2, 0) is 11.3 Å². The van der Waals surface area contributed by atoms with Crippen LogP contribution in [0.1, 0.15) is 13.8 Å². The standard InChI is InChI=1S/C13H19N5O2/c1-13(2,20-4)8-18-12(15-16-17-18)10-6-5-9(14)7-11(10)19-3/h5-7H,8,14H2,1-4H3. The van der Waals surface area contributed by atoms with Crippen LogP contribution in [0.15, 0.2) is 18.2 Å². The van der Waals surface area contributed by atoms with Crippen molar-refractivity contribution in [2.45, 2.75) is 26.0 Å². The molecule has 20 heavy (non-hydrogen) atoms. The van der Waals surface area contributed by atoms with Crippen molar-refractivity contribution in [3.05, 3.63) is 18.2 Å². The summed E-state index contributed by atoms with van der Waals surface area (Å²) in [6, 6.07) is 5.38. The summed E-state index contributed by atoms with van der Waals surface area (Å²) in [6.07, 6.45) is 0. The van der Waals surface area contributed by atoms with Gasteiger partial charge in [-0.3, -0.25) is 0 Å². The van der Waals surface area contributed by atoms with Crippen LogP contribution < -0.4 is 10.5 Å². The van der Waals surface area contributed by atoms with Crippen LogP contribution in [0.3, 0.4) is 0 Å². The van der Waals surface area contributed by atoms with Crippen LogP contribution in [0, 0.1) is 0 Å². The van der Waals surface area contributed by atoms with Gasteiger partial charge in [-0.25, -0.2) is 4.68 Å². The average Bonchev–Trinajstić information content (AvgIpc) is 2.85. The molecule has 1 heterocycles. The summed E-state index contributed by atoms with van der Waals surface area (Å²) in [5, 5.41) is 11.8. The number of tetrazole rings is 1. The van der Waals surface area contributed by atoms with Crippen molar-refractivity contribution in [3.63, 3.8) is 0 Å². The van der Waals surface area contributed by atoms with Gasteiger partial charge in [-0.2, -0.15) is 0 Å². The SMILES string of the molecule is COc1cc(N)ccc1-c1nnnn1CC(C)(C)OC. The van der Waals surface area contributed by atoms with Crippen LogP contribution in [-0.4, -0.2) is 40.0 Å². The van der Waals surface area contributed by atoms with Gasteiger partial charge in [-0.05, 0) is 36.4 Å². The van der Waals surface area contributed by atoms with Crippen LogP contribution in [0.5, 0.6) is 5.75 Å². The minimum Gasteiger partial charge on any atom is -0.496 e. The summed E-state index contributed by atoms with van der Waals surface area (Å²) in [5.41, 5.74) is 6.81. The Labute approximate surface area is 117 Å². The zero-order valence-corrected chi connectivity index (χ0v) is 12.1. The maximum absolute atomic E-state index is 5.76. The molecule has 0 spiro atoms. The number of aromatic nitrogens is 4. The lowest BCUT2D eigenvalue weighted by Crippen LogP contribution is -2.30. The molecule has 2 N–H and O–H groups in total. The number of hydrogen-bond acceptors (Lipinski definition) is 6. The maximum Gasteiger partial charge on any atom is 0.185 e. The second-order valence-electron chi connectivity index (χ2n) is 5.08. The zero-order chi connectivity index (χ0) is 14.8. The number of rotatable bonds is 5. The monoisotopic (exact) mass is 277 g/mol. The molecule has 0 radical (unpaired) electrons. The molecule has 1 aromatic heterocycles. The van der Waals surface area contributed by atoms with E-state index >= 15 is 0 Å². The summed E-state index contributed by atoms with van der Waals surface area (Å²) >= 11 is 0. The first-order valence-corrected chi connectivity index (χ1v) is 6.22. The van der Waals surface area contributed by atoms with E-state index in [-0.39, 0.29) is 5.60 Å². The fourth-order valence-electron chi connectivity index (χ4n) is 1.82. The van der Waals surface area contributed by atoms with Crippen molar-refractivity contribution in [2.24, 2.45) is 0 Å². The fraction of sp³-hybridized carbons (Fsp3) is 0.462. The number of ether oxygens (including phenoxy) is 2. The second kappa shape index (κ2) is 5.46. The molecule has 7 nitrogen and oxygen atoms in total. The minimum absolute atomic E-state index is 0.370. The first kappa shape index (κ1) is 14.3. The van der Waals surface area contributed by atoms with Crippen LogP contribution in [0.2, 0.25) is 0 Å². The van der Waals surface area contributed by atoms with Gasteiger partial charge in [0, 0.05) is 18.9 Å². The van der Waals surface area contributed by atoms with Crippen molar-refractivity contribution in [1.82, 2.24) is 20.2 Å². The minimum atomic E-state index is -0.370. The van der Waals surface area contributed by atoms with Gasteiger partial charge >= 0.3 is 0 Å². The van der Waals surface area contributed by atoms with Gasteiger partial charge in [0.25, 0.3) is 0 Å². The van der Waals surface area contributed by atoms with Gasteiger partial charge in [-0.1, -0.05) is 0 Å². The molecule has 108 valence electrons. The smallest absolute Gasteiger partial charge is 0.185 e. The second-order valence-corrected chi connectivity index (χ2v) is 5.08. The van der Waals surface area contributed by atoms with Gasteiger partial charge < -0.3 is 15.2 Å². The Kier molecular flexibility index (Phi) is 3.89. The molecule has 0 atom stereocenters.